The fourth-order valence-electron chi connectivity index (χ4n) is 3.40. The minimum Gasteiger partial charge on any atom is -0.473 e. The number of pyridine rings is 1. The first-order valence-electron chi connectivity index (χ1n) is 10.2. The Bertz CT molecular complexity index is 958. The number of hydrogen-bond acceptors (Lipinski definition) is 5. The van der Waals surface area contributed by atoms with Crippen LogP contribution < -0.4 is 4.74 Å². The van der Waals surface area contributed by atoms with Crippen LogP contribution in [0.4, 0.5) is 5.69 Å². The van der Waals surface area contributed by atoms with Crippen LogP contribution in [0.2, 0.25) is 0 Å². The molecular weight excluding hydrogens is 444 g/mol. The molecule has 3 rings (SSSR count). The number of nitrogens with zero attached hydrogens (tertiary/aromatic N) is 4. The number of rotatable bonds is 7. The lowest BCUT2D eigenvalue weighted by Gasteiger charge is -2.26. The Morgan fingerprint density at radius 1 is 1.33 bits per heavy atom. The van der Waals surface area contributed by atoms with Crippen molar-refractivity contribution in [3.05, 3.63) is 51.1 Å². The molecule has 1 heterocycles. The van der Waals surface area contributed by atoms with Gasteiger partial charge in [0.2, 0.25) is 5.88 Å². The molecule has 0 bridgehead atoms. The number of benzene rings is 1. The number of fused-ring (bicyclic) bond motifs is 1. The monoisotopic (exact) mass is 472 g/mol. The topological polar surface area (TPSA) is 59.3 Å². The smallest absolute Gasteiger partial charge is 0.228 e. The summed E-state index contributed by atoms with van der Waals surface area (Å²) < 4.78 is 7.12. The summed E-state index contributed by atoms with van der Waals surface area (Å²) in [5.41, 5.74) is 6.29. The van der Waals surface area contributed by atoms with Crippen LogP contribution in [0.3, 0.4) is 0 Å². The summed E-state index contributed by atoms with van der Waals surface area (Å²) in [4.78, 5) is 16.1. The average molecular weight is 473 g/mol. The van der Waals surface area contributed by atoms with Gasteiger partial charge in [-0.1, -0.05) is 17.3 Å². The molecule has 0 saturated heterocycles. The summed E-state index contributed by atoms with van der Waals surface area (Å²) in [6.07, 6.45) is 4.70. The summed E-state index contributed by atoms with van der Waals surface area (Å²) in [7, 11) is 3.56. The lowest BCUT2D eigenvalue weighted by Crippen LogP contribution is -2.26. The highest BCUT2D eigenvalue weighted by Crippen LogP contribution is 2.32. The average Bonchev–Trinajstić information content (AvgIpc) is 2.74. The van der Waals surface area contributed by atoms with Gasteiger partial charge in [-0.2, -0.15) is 0 Å². The van der Waals surface area contributed by atoms with Gasteiger partial charge in [0.25, 0.3) is 0 Å². The third-order valence-electron chi connectivity index (χ3n) is 5.31. The molecular formula is C23H29BrN4O2. The van der Waals surface area contributed by atoms with Crippen LogP contribution in [0, 0.1) is 6.92 Å². The molecule has 0 aliphatic heterocycles. The number of ether oxygens (including phenoxy) is 1. The van der Waals surface area contributed by atoms with E-state index in [1.54, 1.807) is 7.11 Å². The van der Waals surface area contributed by atoms with E-state index >= 15 is 0 Å². The van der Waals surface area contributed by atoms with Crippen molar-refractivity contribution in [2.45, 2.75) is 46.1 Å². The fourth-order valence-corrected chi connectivity index (χ4v) is 3.80. The van der Waals surface area contributed by atoms with Crippen molar-refractivity contribution in [3.8, 4) is 5.88 Å². The summed E-state index contributed by atoms with van der Waals surface area (Å²) in [5.74, 6) is 0.622. The molecule has 1 aliphatic rings. The molecule has 6 nitrogen and oxygen atoms in total. The van der Waals surface area contributed by atoms with Gasteiger partial charge in [0.15, 0.2) is 0 Å². The first-order chi connectivity index (χ1) is 14.4. The second-order valence-electron chi connectivity index (χ2n) is 7.52. The molecule has 0 radical (unpaired) electrons. The maximum absolute atomic E-state index is 6.30. The third kappa shape index (κ3) is 5.39. The zero-order valence-electron chi connectivity index (χ0n) is 18.3. The molecule has 7 heteroatoms. The Kier molecular flexibility index (Phi) is 7.48. The minimum absolute atomic E-state index is 0.0798. The Morgan fingerprint density at radius 2 is 2.13 bits per heavy atom. The van der Waals surface area contributed by atoms with Gasteiger partial charge < -0.3 is 14.5 Å². The molecule has 0 saturated carbocycles. The highest BCUT2D eigenvalue weighted by atomic mass is 79.9. The first kappa shape index (κ1) is 22.3. The summed E-state index contributed by atoms with van der Waals surface area (Å²) in [6, 6.07) is 8.46. The van der Waals surface area contributed by atoms with Gasteiger partial charge in [0.1, 0.15) is 13.2 Å². The van der Waals surface area contributed by atoms with Gasteiger partial charge in [0.05, 0.1) is 27.9 Å². The number of halogens is 1. The predicted octanol–water partition coefficient (Wildman–Crippen LogP) is 5.07. The van der Waals surface area contributed by atoms with Crippen LogP contribution in [-0.4, -0.2) is 48.7 Å². The number of aryl methyl sites for hydroxylation is 2. The Morgan fingerprint density at radius 3 is 2.87 bits per heavy atom. The van der Waals surface area contributed by atoms with E-state index < -0.39 is 0 Å². The van der Waals surface area contributed by atoms with Crippen LogP contribution >= 0.6 is 15.9 Å². The van der Waals surface area contributed by atoms with Crippen molar-refractivity contribution in [1.29, 1.82) is 0 Å². The number of aromatic nitrogens is 1. The number of oxime groups is 1. The van der Waals surface area contributed by atoms with E-state index in [9.17, 15) is 0 Å². The van der Waals surface area contributed by atoms with Gasteiger partial charge in [-0.15, -0.1) is 0 Å². The number of aliphatic imine (C=N–C) groups is 1. The maximum Gasteiger partial charge on any atom is 0.228 e. The van der Waals surface area contributed by atoms with Crippen molar-refractivity contribution < 1.29 is 9.57 Å². The zero-order chi connectivity index (χ0) is 21.7. The van der Waals surface area contributed by atoms with Crippen LogP contribution in [0.5, 0.6) is 5.88 Å². The summed E-state index contributed by atoms with van der Waals surface area (Å²) >= 11 is 3.61. The molecule has 1 aromatic carbocycles. The molecule has 1 atom stereocenters. The lowest BCUT2D eigenvalue weighted by atomic mass is 9.88. The van der Waals surface area contributed by atoms with E-state index in [2.05, 4.69) is 56.2 Å². The van der Waals surface area contributed by atoms with Gasteiger partial charge in [-0.3, -0.25) is 0 Å². The molecule has 2 aromatic rings. The van der Waals surface area contributed by atoms with E-state index in [-0.39, 0.29) is 6.10 Å². The van der Waals surface area contributed by atoms with Crippen LogP contribution in [0.15, 0.2) is 38.9 Å². The maximum atomic E-state index is 6.30. The van der Waals surface area contributed by atoms with E-state index in [1.165, 1.54) is 11.1 Å². The normalized spacial score (nSPS) is 16.5. The third-order valence-corrected chi connectivity index (χ3v) is 5.88. The standard InChI is InChI=1S/C23H29BrN4O2/c1-6-28(4)14-25-22-13-21(24)23(26-16(22)3)30-20-10-9-17-7-8-18(11-19(17)12-20)15(2)27-29-5/h7-8,11,13-14,20H,6,9-10,12H2,1-5H3/b25-14?,27-15+. The highest BCUT2D eigenvalue weighted by Gasteiger charge is 2.22. The minimum atomic E-state index is 0.0798. The Labute approximate surface area is 187 Å². The van der Waals surface area contributed by atoms with Crippen molar-refractivity contribution >= 4 is 33.7 Å². The second kappa shape index (κ2) is 10.1. The molecule has 160 valence electrons. The largest absolute Gasteiger partial charge is 0.473 e. The summed E-state index contributed by atoms with van der Waals surface area (Å²) in [5, 5.41) is 4.05. The molecule has 0 fully saturated rings. The van der Waals surface area contributed by atoms with Gasteiger partial charge in [-0.05, 0) is 78.4 Å². The fraction of sp³-hybridized carbons (Fsp3) is 0.435. The Hall–Kier alpha value is -2.41. The number of hydrogen-bond donors (Lipinski definition) is 0. The molecule has 0 spiro atoms. The van der Waals surface area contributed by atoms with E-state index in [4.69, 9.17) is 9.57 Å². The molecule has 0 N–H and O–H groups in total. The van der Waals surface area contributed by atoms with Gasteiger partial charge >= 0.3 is 0 Å². The first-order valence-corrected chi connectivity index (χ1v) is 11.0. The van der Waals surface area contributed by atoms with E-state index in [0.717, 1.165) is 52.9 Å². The van der Waals surface area contributed by atoms with Crippen LogP contribution in [0.1, 0.15) is 42.7 Å². The van der Waals surface area contributed by atoms with Gasteiger partial charge in [-0.25, -0.2) is 9.98 Å². The van der Waals surface area contributed by atoms with Crippen molar-refractivity contribution in [1.82, 2.24) is 9.88 Å². The van der Waals surface area contributed by atoms with E-state index in [1.807, 2.05) is 38.2 Å². The molecule has 30 heavy (non-hydrogen) atoms. The lowest BCUT2D eigenvalue weighted by molar-refractivity contribution is 0.175. The molecule has 1 aliphatic carbocycles. The molecule has 1 aromatic heterocycles. The predicted molar refractivity (Wildman–Crippen MR) is 125 cm³/mol. The van der Waals surface area contributed by atoms with Gasteiger partial charge in [0, 0.05) is 20.0 Å². The highest BCUT2D eigenvalue weighted by molar-refractivity contribution is 9.10. The molecule has 1 unspecified atom stereocenters. The SMILES string of the molecule is CCN(C)C=Nc1cc(Br)c(OC2CCc3ccc(/C(C)=N/OC)cc3C2)nc1C. The van der Waals surface area contributed by atoms with Crippen molar-refractivity contribution in [2.24, 2.45) is 10.1 Å². The van der Waals surface area contributed by atoms with Crippen LogP contribution in [0.25, 0.3) is 0 Å². The Balaban J connectivity index is 1.75. The second-order valence-corrected chi connectivity index (χ2v) is 8.38. The van der Waals surface area contributed by atoms with E-state index in [0.29, 0.717) is 5.88 Å². The van der Waals surface area contributed by atoms with Crippen LogP contribution in [-0.2, 0) is 17.7 Å². The van der Waals surface area contributed by atoms with Crippen molar-refractivity contribution in [2.75, 3.05) is 20.7 Å². The molecule has 0 amide bonds. The van der Waals surface area contributed by atoms with Crippen molar-refractivity contribution in [3.63, 3.8) is 0 Å². The summed E-state index contributed by atoms with van der Waals surface area (Å²) in [6.45, 7) is 6.90. The zero-order valence-corrected chi connectivity index (χ0v) is 19.9. The quantitative estimate of drug-likeness (QED) is 0.320.